The van der Waals surface area contributed by atoms with Crippen molar-refractivity contribution in [1.82, 2.24) is 0 Å². The Balaban J connectivity index is 1.81. The van der Waals surface area contributed by atoms with Crippen molar-refractivity contribution in [1.29, 1.82) is 0 Å². The molecule has 2 nitrogen and oxygen atoms in total. The van der Waals surface area contributed by atoms with E-state index in [-0.39, 0.29) is 17.5 Å². The lowest BCUT2D eigenvalue weighted by Gasteiger charge is -2.22. The lowest BCUT2D eigenvalue weighted by Crippen LogP contribution is -2.21. The average Bonchev–Trinajstić information content (AvgIpc) is 2.43. The maximum Gasteiger partial charge on any atom is 0.158 e. The van der Waals surface area contributed by atoms with Gasteiger partial charge in [-0.05, 0) is 36.3 Å². The average molecular weight is 256 g/mol. The number of aryl methyl sites for hydroxylation is 1. The second-order valence-electron chi connectivity index (χ2n) is 5.27. The van der Waals surface area contributed by atoms with E-state index in [1.54, 1.807) is 0 Å². The second-order valence-corrected chi connectivity index (χ2v) is 5.27. The fourth-order valence-electron chi connectivity index (χ4n) is 2.60. The summed E-state index contributed by atoms with van der Waals surface area (Å²) in [6.45, 7) is 3.85. The zero-order valence-corrected chi connectivity index (χ0v) is 11.2. The number of rotatable bonds is 5. The van der Waals surface area contributed by atoms with Gasteiger partial charge in [-0.15, -0.1) is 0 Å². The molecule has 1 aromatic rings. The van der Waals surface area contributed by atoms with Crippen LogP contribution in [0.5, 0.6) is 0 Å². The molecular weight excluding hydrogens is 236 g/mol. The van der Waals surface area contributed by atoms with Gasteiger partial charge in [0.25, 0.3) is 0 Å². The highest BCUT2D eigenvalue weighted by atomic mass is 16.1. The predicted octanol–water partition coefficient (Wildman–Crippen LogP) is 3.50. The highest BCUT2D eigenvalue weighted by Gasteiger charge is 2.25. The molecule has 100 valence electrons. The van der Waals surface area contributed by atoms with Crippen LogP contribution in [0.1, 0.15) is 37.7 Å². The molecule has 1 fully saturated rings. The van der Waals surface area contributed by atoms with Crippen molar-refractivity contribution >= 4 is 11.6 Å². The van der Waals surface area contributed by atoms with Crippen LogP contribution in [0, 0.1) is 5.92 Å². The van der Waals surface area contributed by atoms with Crippen LogP contribution in [0.3, 0.4) is 0 Å². The number of carbonyl (C=O) groups excluding carboxylic acids is 2. The third-order valence-corrected chi connectivity index (χ3v) is 3.82. The van der Waals surface area contributed by atoms with E-state index in [9.17, 15) is 9.59 Å². The number of hydrogen-bond donors (Lipinski definition) is 0. The van der Waals surface area contributed by atoms with E-state index >= 15 is 0 Å². The van der Waals surface area contributed by atoms with E-state index in [4.69, 9.17) is 0 Å². The summed E-state index contributed by atoms with van der Waals surface area (Å²) in [5.74, 6) is 0.473. The van der Waals surface area contributed by atoms with E-state index < -0.39 is 0 Å². The smallest absolute Gasteiger partial charge is 0.158 e. The van der Waals surface area contributed by atoms with Gasteiger partial charge in [0.1, 0.15) is 5.78 Å². The molecule has 2 heteroatoms. The van der Waals surface area contributed by atoms with E-state index in [1.165, 1.54) is 5.56 Å². The maximum atomic E-state index is 12.0. The molecular formula is C17H20O2. The minimum atomic E-state index is 0.0875. The van der Waals surface area contributed by atoms with Gasteiger partial charge < -0.3 is 0 Å². The zero-order chi connectivity index (χ0) is 13.7. The van der Waals surface area contributed by atoms with Crippen LogP contribution in [0.2, 0.25) is 0 Å². The topological polar surface area (TPSA) is 34.1 Å². The van der Waals surface area contributed by atoms with Crippen molar-refractivity contribution in [3.05, 3.63) is 48.0 Å². The fourth-order valence-corrected chi connectivity index (χ4v) is 2.60. The molecule has 1 aliphatic rings. The molecule has 0 spiro atoms. The number of carbonyl (C=O) groups is 2. The van der Waals surface area contributed by atoms with Gasteiger partial charge in [-0.1, -0.05) is 36.9 Å². The molecule has 2 rings (SSSR count). The Labute approximate surface area is 114 Å². The summed E-state index contributed by atoms with van der Waals surface area (Å²) in [5, 5.41) is 0. The molecule has 0 bridgehead atoms. The Morgan fingerprint density at radius 2 is 2.00 bits per heavy atom. The summed E-state index contributed by atoms with van der Waals surface area (Å²) in [6.07, 6.45) is 4.26. The third kappa shape index (κ3) is 3.88. The molecule has 0 amide bonds. The lowest BCUT2D eigenvalue weighted by molar-refractivity contribution is -0.120. The van der Waals surface area contributed by atoms with Crippen LogP contribution in [0.4, 0.5) is 0 Å². The molecule has 0 aliphatic heterocycles. The van der Waals surface area contributed by atoms with Gasteiger partial charge >= 0.3 is 0 Å². The van der Waals surface area contributed by atoms with Crippen molar-refractivity contribution in [2.24, 2.45) is 5.92 Å². The minimum Gasteiger partial charge on any atom is -0.300 e. The van der Waals surface area contributed by atoms with E-state index in [0.717, 1.165) is 19.3 Å². The van der Waals surface area contributed by atoms with Gasteiger partial charge in [0.05, 0.1) is 0 Å². The van der Waals surface area contributed by atoms with E-state index in [1.807, 2.05) is 30.3 Å². The Bertz CT molecular complexity index is 473. The summed E-state index contributed by atoms with van der Waals surface area (Å²) in [6, 6.07) is 10.0. The molecule has 1 aliphatic carbocycles. The van der Waals surface area contributed by atoms with Gasteiger partial charge in [-0.2, -0.15) is 0 Å². The SMILES string of the molecule is C=C1C(=O)CCCC1CC(=O)CCc1ccccc1. The molecule has 1 unspecified atom stereocenters. The normalized spacial score (nSPS) is 19.5. The Kier molecular flexibility index (Phi) is 4.67. The first-order chi connectivity index (χ1) is 9.16. The summed E-state index contributed by atoms with van der Waals surface area (Å²) in [7, 11) is 0. The first kappa shape index (κ1) is 13.7. The highest BCUT2D eigenvalue weighted by molar-refractivity contribution is 5.96. The van der Waals surface area contributed by atoms with Gasteiger partial charge in [0, 0.05) is 19.3 Å². The number of benzene rings is 1. The largest absolute Gasteiger partial charge is 0.300 e. The van der Waals surface area contributed by atoms with E-state index in [2.05, 4.69) is 6.58 Å². The van der Waals surface area contributed by atoms with Gasteiger partial charge in [-0.25, -0.2) is 0 Å². The first-order valence-electron chi connectivity index (χ1n) is 6.94. The van der Waals surface area contributed by atoms with Crippen molar-refractivity contribution < 1.29 is 9.59 Å². The Morgan fingerprint density at radius 1 is 1.26 bits per heavy atom. The number of hydrogen-bond acceptors (Lipinski definition) is 2. The van der Waals surface area contributed by atoms with Crippen LogP contribution in [0.25, 0.3) is 0 Å². The van der Waals surface area contributed by atoms with Gasteiger partial charge in [-0.3, -0.25) is 9.59 Å². The quantitative estimate of drug-likeness (QED) is 0.755. The van der Waals surface area contributed by atoms with Gasteiger partial charge in [0.2, 0.25) is 0 Å². The molecule has 0 saturated heterocycles. The zero-order valence-electron chi connectivity index (χ0n) is 11.2. The highest BCUT2D eigenvalue weighted by Crippen LogP contribution is 2.28. The maximum absolute atomic E-state index is 12.0. The molecule has 0 heterocycles. The van der Waals surface area contributed by atoms with Gasteiger partial charge in [0.15, 0.2) is 5.78 Å². The first-order valence-corrected chi connectivity index (χ1v) is 6.94. The molecule has 19 heavy (non-hydrogen) atoms. The molecule has 1 saturated carbocycles. The van der Waals surface area contributed by atoms with Crippen LogP contribution in [0.15, 0.2) is 42.5 Å². The molecule has 0 N–H and O–H groups in total. The number of allylic oxidation sites excluding steroid dienone is 1. The Hall–Kier alpha value is -1.70. The molecule has 0 aromatic heterocycles. The van der Waals surface area contributed by atoms with Crippen molar-refractivity contribution in [3.8, 4) is 0 Å². The Morgan fingerprint density at radius 3 is 2.74 bits per heavy atom. The third-order valence-electron chi connectivity index (χ3n) is 3.82. The molecule has 1 atom stereocenters. The van der Waals surface area contributed by atoms with Crippen LogP contribution >= 0.6 is 0 Å². The molecule has 0 radical (unpaired) electrons. The molecule has 1 aromatic carbocycles. The number of ketones is 2. The fraction of sp³-hybridized carbons (Fsp3) is 0.412. The summed E-state index contributed by atoms with van der Waals surface area (Å²) in [5.41, 5.74) is 1.86. The van der Waals surface area contributed by atoms with Crippen LogP contribution < -0.4 is 0 Å². The predicted molar refractivity (Wildman–Crippen MR) is 75.9 cm³/mol. The van der Waals surface area contributed by atoms with Crippen molar-refractivity contribution in [2.45, 2.75) is 38.5 Å². The van der Waals surface area contributed by atoms with Crippen LogP contribution in [-0.4, -0.2) is 11.6 Å². The summed E-state index contributed by atoms with van der Waals surface area (Å²) >= 11 is 0. The van der Waals surface area contributed by atoms with Crippen molar-refractivity contribution in [3.63, 3.8) is 0 Å². The minimum absolute atomic E-state index is 0.0875. The van der Waals surface area contributed by atoms with Crippen LogP contribution in [-0.2, 0) is 16.0 Å². The number of Topliss-reactive ketones (excluding diaryl/α,β-unsaturated/α-hetero) is 2. The standard InChI is InChI=1S/C17H20O2/c1-13-15(8-5-9-17(13)19)12-16(18)11-10-14-6-3-2-4-7-14/h2-4,6-7,15H,1,5,8-12H2. The van der Waals surface area contributed by atoms with E-state index in [0.29, 0.717) is 24.8 Å². The summed E-state index contributed by atoms with van der Waals surface area (Å²) < 4.78 is 0. The van der Waals surface area contributed by atoms with Crippen molar-refractivity contribution in [2.75, 3.05) is 0 Å². The monoisotopic (exact) mass is 256 g/mol. The summed E-state index contributed by atoms with van der Waals surface area (Å²) in [4.78, 5) is 23.5. The lowest BCUT2D eigenvalue weighted by atomic mass is 9.81. The second kappa shape index (κ2) is 6.46.